The topological polar surface area (TPSA) is 62.4 Å². The molecular formula is C13H19N3O2. The van der Waals surface area contributed by atoms with Gasteiger partial charge in [0.15, 0.2) is 0 Å². The molecule has 1 aliphatic rings. The monoisotopic (exact) mass is 249 g/mol. The molecule has 18 heavy (non-hydrogen) atoms. The van der Waals surface area contributed by atoms with Crippen LogP contribution in [0.15, 0.2) is 24.3 Å². The van der Waals surface area contributed by atoms with Crippen LogP contribution in [0.2, 0.25) is 0 Å². The highest BCUT2D eigenvalue weighted by molar-refractivity contribution is 5.90. The summed E-state index contributed by atoms with van der Waals surface area (Å²) in [5.74, 6) is 0.659. The van der Waals surface area contributed by atoms with E-state index in [0.717, 1.165) is 13.0 Å². The number of para-hydroxylation sites is 2. The first-order valence-corrected chi connectivity index (χ1v) is 6.21. The molecule has 98 valence electrons. The molecule has 5 nitrogen and oxygen atoms in total. The van der Waals surface area contributed by atoms with Gasteiger partial charge in [0.2, 0.25) is 0 Å². The van der Waals surface area contributed by atoms with Gasteiger partial charge in [0.05, 0.1) is 12.8 Å². The van der Waals surface area contributed by atoms with Crippen molar-refractivity contribution in [3.8, 4) is 5.75 Å². The standard InChI is InChI=1S/C13H19N3O2/c1-18-12-7-3-2-6-11(12)16-13(17)15-9-10-5-4-8-14-10/h2-3,6-7,10,14H,4-5,8-9H2,1H3,(H2,15,16,17). The molecule has 0 aliphatic carbocycles. The summed E-state index contributed by atoms with van der Waals surface area (Å²) in [4.78, 5) is 11.7. The highest BCUT2D eigenvalue weighted by Gasteiger charge is 2.14. The van der Waals surface area contributed by atoms with Crippen LogP contribution in [0.25, 0.3) is 0 Å². The lowest BCUT2D eigenvalue weighted by molar-refractivity contribution is 0.251. The van der Waals surface area contributed by atoms with Crippen LogP contribution in [-0.2, 0) is 0 Å². The van der Waals surface area contributed by atoms with Gasteiger partial charge in [-0.05, 0) is 31.5 Å². The third-order valence-electron chi connectivity index (χ3n) is 3.03. The van der Waals surface area contributed by atoms with Crippen molar-refractivity contribution in [1.29, 1.82) is 0 Å². The number of carbonyl (C=O) groups excluding carboxylic acids is 1. The highest BCUT2D eigenvalue weighted by Crippen LogP contribution is 2.22. The second kappa shape index (κ2) is 6.26. The molecule has 0 saturated carbocycles. The third kappa shape index (κ3) is 3.37. The van der Waals surface area contributed by atoms with E-state index in [0.29, 0.717) is 24.0 Å². The fraction of sp³-hybridized carbons (Fsp3) is 0.462. The fourth-order valence-corrected chi connectivity index (χ4v) is 2.06. The summed E-state index contributed by atoms with van der Waals surface area (Å²) in [6.45, 7) is 1.70. The minimum atomic E-state index is -0.201. The number of carbonyl (C=O) groups is 1. The lowest BCUT2D eigenvalue weighted by Crippen LogP contribution is -2.39. The Balaban J connectivity index is 1.82. The number of benzene rings is 1. The van der Waals surface area contributed by atoms with Crippen molar-refractivity contribution in [2.45, 2.75) is 18.9 Å². The zero-order valence-corrected chi connectivity index (χ0v) is 10.5. The Morgan fingerprint density at radius 1 is 1.50 bits per heavy atom. The highest BCUT2D eigenvalue weighted by atomic mass is 16.5. The average molecular weight is 249 g/mol. The Bertz CT molecular complexity index is 403. The normalized spacial score (nSPS) is 18.4. The Morgan fingerprint density at radius 2 is 2.33 bits per heavy atom. The van der Waals surface area contributed by atoms with E-state index in [2.05, 4.69) is 16.0 Å². The molecule has 1 saturated heterocycles. The molecule has 0 bridgehead atoms. The van der Waals surface area contributed by atoms with Crippen LogP contribution in [0.5, 0.6) is 5.75 Å². The Kier molecular flexibility index (Phi) is 4.41. The van der Waals surface area contributed by atoms with Gasteiger partial charge in [-0.1, -0.05) is 12.1 Å². The Hall–Kier alpha value is -1.75. The van der Waals surface area contributed by atoms with Gasteiger partial charge in [0.1, 0.15) is 5.75 Å². The van der Waals surface area contributed by atoms with Crippen LogP contribution in [0.4, 0.5) is 10.5 Å². The van der Waals surface area contributed by atoms with E-state index < -0.39 is 0 Å². The van der Waals surface area contributed by atoms with E-state index in [-0.39, 0.29) is 6.03 Å². The molecule has 1 fully saturated rings. The first-order chi connectivity index (χ1) is 8.79. The predicted octanol–water partition coefficient (Wildman–Crippen LogP) is 1.57. The van der Waals surface area contributed by atoms with Gasteiger partial charge in [0, 0.05) is 12.6 Å². The van der Waals surface area contributed by atoms with E-state index in [1.54, 1.807) is 7.11 Å². The number of amides is 2. The van der Waals surface area contributed by atoms with Gasteiger partial charge < -0.3 is 20.7 Å². The van der Waals surface area contributed by atoms with Crippen molar-refractivity contribution in [3.63, 3.8) is 0 Å². The summed E-state index contributed by atoms with van der Waals surface area (Å²) < 4.78 is 5.17. The maximum Gasteiger partial charge on any atom is 0.319 e. The lowest BCUT2D eigenvalue weighted by Gasteiger charge is -2.13. The van der Waals surface area contributed by atoms with E-state index in [4.69, 9.17) is 4.74 Å². The summed E-state index contributed by atoms with van der Waals surface area (Å²) in [6.07, 6.45) is 2.30. The minimum absolute atomic E-state index is 0.201. The average Bonchev–Trinajstić information content (AvgIpc) is 2.90. The number of rotatable bonds is 4. The van der Waals surface area contributed by atoms with Gasteiger partial charge in [-0.25, -0.2) is 4.79 Å². The molecule has 1 heterocycles. The fourth-order valence-electron chi connectivity index (χ4n) is 2.06. The molecule has 0 spiro atoms. The van der Waals surface area contributed by atoms with Gasteiger partial charge in [-0.2, -0.15) is 0 Å². The molecule has 0 aromatic heterocycles. The summed E-state index contributed by atoms with van der Waals surface area (Å²) in [5.41, 5.74) is 0.678. The number of ether oxygens (including phenoxy) is 1. The van der Waals surface area contributed by atoms with Crippen molar-refractivity contribution < 1.29 is 9.53 Å². The molecule has 1 aromatic carbocycles. The van der Waals surface area contributed by atoms with E-state index in [1.165, 1.54) is 6.42 Å². The molecule has 0 radical (unpaired) electrons. The minimum Gasteiger partial charge on any atom is -0.495 e. The van der Waals surface area contributed by atoms with Gasteiger partial charge >= 0.3 is 6.03 Å². The van der Waals surface area contributed by atoms with Crippen molar-refractivity contribution in [2.24, 2.45) is 0 Å². The number of methoxy groups -OCH3 is 1. The van der Waals surface area contributed by atoms with Gasteiger partial charge in [-0.3, -0.25) is 0 Å². The first kappa shape index (κ1) is 12.7. The van der Waals surface area contributed by atoms with Crippen molar-refractivity contribution >= 4 is 11.7 Å². The zero-order valence-electron chi connectivity index (χ0n) is 10.5. The molecular weight excluding hydrogens is 230 g/mol. The van der Waals surface area contributed by atoms with Crippen molar-refractivity contribution in [1.82, 2.24) is 10.6 Å². The number of urea groups is 1. The largest absolute Gasteiger partial charge is 0.495 e. The predicted molar refractivity (Wildman–Crippen MR) is 71.0 cm³/mol. The quantitative estimate of drug-likeness (QED) is 0.759. The molecule has 2 amide bonds. The maximum atomic E-state index is 11.7. The zero-order chi connectivity index (χ0) is 12.8. The summed E-state index contributed by atoms with van der Waals surface area (Å²) in [5, 5.41) is 8.97. The molecule has 2 rings (SSSR count). The van der Waals surface area contributed by atoms with Crippen LogP contribution < -0.4 is 20.7 Å². The molecule has 1 atom stereocenters. The molecule has 3 N–H and O–H groups in total. The summed E-state index contributed by atoms with van der Waals surface area (Å²) in [6, 6.07) is 7.54. The number of hydrogen-bond acceptors (Lipinski definition) is 3. The van der Waals surface area contributed by atoms with Crippen LogP contribution in [0.3, 0.4) is 0 Å². The first-order valence-electron chi connectivity index (χ1n) is 6.21. The number of anilines is 1. The van der Waals surface area contributed by atoms with E-state index in [9.17, 15) is 4.79 Å². The maximum absolute atomic E-state index is 11.7. The smallest absolute Gasteiger partial charge is 0.319 e. The van der Waals surface area contributed by atoms with Gasteiger partial charge in [0.25, 0.3) is 0 Å². The second-order valence-electron chi connectivity index (χ2n) is 4.33. The SMILES string of the molecule is COc1ccccc1NC(=O)NCC1CCCN1. The van der Waals surface area contributed by atoms with Gasteiger partial charge in [-0.15, -0.1) is 0 Å². The molecule has 5 heteroatoms. The summed E-state index contributed by atoms with van der Waals surface area (Å²) >= 11 is 0. The Labute approximate surface area is 107 Å². The van der Waals surface area contributed by atoms with Crippen LogP contribution in [0.1, 0.15) is 12.8 Å². The van der Waals surface area contributed by atoms with Crippen molar-refractivity contribution in [3.05, 3.63) is 24.3 Å². The second-order valence-corrected chi connectivity index (χ2v) is 4.33. The molecule has 1 unspecified atom stereocenters. The lowest BCUT2D eigenvalue weighted by atomic mass is 10.2. The van der Waals surface area contributed by atoms with Crippen LogP contribution in [0, 0.1) is 0 Å². The molecule has 1 aromatic rings. The Morgan fingerprint density at radius 3 is 3.06 bits per heavy atom. The van der Waals surface area contributed by atoms with Crippen molar-refractivity contribution in [2.75, 3.05) is 25.5 Å². The summed E-state index contributed by atoms with van der Waals surface area (Å²) in [7, 11) is 1.58. The van der Waals surface area contributed by atoms with Crippen LogP contribution in [-0.4, -0.2) is 32.3 Å². The van der Waals surface area contributed by atoms with Crippen LogP contribution >= 0.6 is 0 Å². The number of nitrogens with one attached hydrogen (secondary N) is 3. The number of hydrogen-bond donors (Lipinski definition) is 3. The third-order valence-corrected chi connectivity index (χ3v) is 3.03. The molecule has 1 aliphatic heterocycles. The van der Waals surface area contributed by atoms with E-state index in [1.807, 2.05) is 24.3 Å². The van der Waals surface area contributed by atoms with E-state index >= 15 is 0 Å².